The quantitative estimate of drug-likeness (QED) is 0.829. The van der Waals surface area contributed by atoms with E-state index in [1.165, 1.54) is 0 Å². The maximum absolute atomic E-state index is 12.0. The van der Waals surface area contributed by atoms with Gasteiger partial charge < -0.3 is 4.74 Å². The van der Waals surface area contributed by atoms with Gasteiger partial charge in [-0.3, -0.25) is 0 Å². The van der Waals surface area contributed by atoms with Crippen molar-refractivity contribution in [3.63, 3.8) is 0 Å². The van der Waals surface area contributed by atoms with Crippen LogP contribution in [0.4, 0.5) is 13.2 Å². The van der Waals surface area contributed by atoms with Crippen LogP contribution in [0.15, 0.2) is 26.0 Å². The molecule has 0 fully saturated rings. The highest BCUT2D eigenvalue weighted by Crippen LogP contribution is 2.36. The molecule has 0 heterocycles. The van der Waals surface area contributed by atoms with Crippen LogP contribution >= 0.6 is 31.9 Å². The van der Waals surface area contributed by atoms with Gasteiger partial charge in [-0.15, -0.1) is 0 Å². The second-order valence-corrected chi connectivity index (χ2v) is 6.44. The summed E-state index contributed by atoms with van der Waals surface area (Å²) in [6.07, 6.45) is -4.49. The fourth-order valence-electron chi connectivity index (χ4n) is 0.993. The number of nitrogens with two attached hydrogens (primary N) is 1. The molecule has 0 atom stereocenters. The zero-order valence-electron chi connectivity index (χ0n) is 8.46. The molecule has 1 rings (SSSR count). The SMILES string of the molecule is NS(=O)(=O)c1cc(Br)c(OCC(F)(F)F)c(Br)c1. The predicted molar refractivity (Wildman–Crippen MR) is 64.8 cm³/mol. The van der Waals surface area contributed by atoms with Gasteiger partial charge in [0.2, 0.25) is 10.0 Å². The topological polar surface area (TPSA) is 69.4 Å². The Kier molecular flexibility index (Phi) is 4.68. The van der Waals surface area contributed by atoms with Crippen LogP contribution in [-0.2, 0) is 10.0 Å². The van der Waals surface area contributed by atoms with Crippen LogP contribution in [0.1, 0.15) is 0 Å². The summed E-state index contributed by atoms with van der Waals surface area (Å²) in [5, 5.41) is 4.90. The number of alkyl halides is 3. The monoisotopic (exact) mass is 411 g/mol. The lowest BCUT2D eigenvalue weighted by molar-refractivity contribution is -0.153. The molecule has 0 spiro atoms. The number of rotatable bonds is 3. The van der Waals surface area contributed by atoms with Gasteiger partial charge in [-0.1, -0.05) is 0 Å². The molecule has 0 saturated heterocycles. The van der Waals surface area contributed by atoms with Gasteiger partial charge in [-0.05, 0) is 44.0 Å². The summed E-state index contributed by atoms with van der Waals surface area (Å²) in [6.45, 7) is -1.49. The van der Waals surface area contributed by atoms with E-state index in [2.05, 4.69) is 36.6 Å². The molecule has 0 aromatic heterocycles. The molecule has 0 aliphatic heterocycles. The van der Waals surface area contributed by atoms with Crippen LogP contribution in [0.5, 0.6) is 5.75 Å². The van der Waals surface area contributed by atoms with Crippen molar-refractivity contribution in [2.24, 2.45) is 5.14 Å². The molecule has 4 nitrogen and oxygen atoms in total. The van der Waals surface area contributed by atoms with E-state index in [0.29, 0.717) is 0 Å². The number of ether oxygens (including phenoxy) is 1. The Labute approximate surface area is 118 Å². The zero-order valence-corrected chi connectivity index (χ0v) is 12.5. The van der Waals surface area contributed by atoms with Crippen molar-refractivity contribution in [2.45, 2.75) is 11.1 Å². The maximum atomic E-state index is 12.0. The first-order chi connectivity index (χ1) is 8.00. The molecule has 0 unspecified atom stereocenters. The lowest BCUT2D eigenvalue weighted by Gasteiger charge is -2.13. The van der Waals surface area contributed by atoms with E-state index < -0.39 is 22.8 Å². The Hall–Kier alpha value is -0.320. The highest BCUT2D eigenvalue weighted by atomic mass is 79.9. The van der Waals surface area contributed by atoms with Gasteiger partial charge in [0.25, 0.3) is 0 Å². The first-order valence-electron chi connectivity index (χ1n) is 4.22. The lowest BCUT2D eigenvalue weighted by Crippen LogP contribution is -2.19. The standard InChI is InChI=1S/C8H6Br2F3NO3S/c9-5-1-4(18(14,15)16)2-6(10)7(5)17-3-8(11,12)13/h1-2H,3H2,(H2,14,15,16). The van der Waals surface area contributed by atoms with E-state index in [1.54, 1.807) is 0 Å². The fourth-order valence-corrected chi connectivity index (χ4v) is 3.28. The van der Waals surface area contributed by atoms with E-state index >= 15 is 0 Å². The molecule has 10 heteroatoms. The average molecular weight is 413 g/mol. The Balaban J connectivity index is 3.10. The molecule has 0 radical (unpaired) electrons. The summed E-state index contributed by atoms with van der Waals surface area (Å²) in [5.74, 6) is -0.153. The van der Waals surface area contributed by atoms with Crippen LogP contribution in [0.3, 0.4) is 0 Å². The molecule has 0 aliphatic rings. The van der Waals surface area contributed by atoms with Gasteiger partial charge in [0.15, 0.2) is 6.61 Å². The molecule has 102 valence electrons. The smallest absolute Gasteiger partial charge is 0.422 e. The van der Waals surface area contributed by atoms with Gasteiger partial charge in [0.05, 0.1) is 13.8 Å². The molecule has 2 N–H and O–H groups in total. The molecule has 0 bridgehead atoms. The first-order valence-corrected chi connectivity index (χ1v) is 7.35. The van der Waals surface area contributed by atoms with Crippen LogP contribution in [0, 0.1) is 0 Å². The summed E-state index contributed by atoms with van der Waals surface area (Å²) < 4.78 is 62.8. The highest BCUT2D eigenvalue weighted by Gasteiger charge is 2.29. The van der Waals surface area contributed by atoms with E-state index in [-0.39, 0.29) is 19.6 Å². The molecule has 1 aromatic rings. The van der Waals surface area contributed by atoms with E-state index in [0.717, 1.165) is 12.1 Å². The fraction of sp³-hybridized carbons (Fsp3) is 0.250. The van der Waals surface area contributed by atoms with Crippen molar-refractivity contribution in [3.05, 3.63) is 21.1 Å². The number of hydrogen-bond donors (Lipinski definition) is 1. The van der Waals surface area contributed by atoms with Crippen molar-refractivity contribution >= 4 is 41.9 Å². The number of hydrogen-bond acceptors (Lipinski definition) is 3. The van der Waals surface area contributed by atoms with Crippen molar-refractivity contribution in [3.8, 4) is 5.75 Å². The van der Waals surface area contributed by atoms with Gasteiger partial charge in [0.1, 0.15) is 5.75 Å². The summed E-state index contributed by atoms with van der Waals surface area (Å²) >= 11 is 5.83. The van der Waals surface area contributed by atoms with Crippen LogP contribution in [-0.4, -0.2) is 21.2 Å². The van der Waals surface area contributed by atoms with Gasteiger partial charge in [-0.25, -0.2) is 13.6 Å². The van der Waals surface area contributed by atoms with Crippen LogP contribution in [0.2, 0.25) is 0 Å². The first kappa shape index (κ1) is 15.7. The number of primary sulfonamides is 1. The maximum Gasteiger partial charge on any atom is 0.422 e. The summed E-state index contributed by atoms with van der Waals surface area (Å²) in [4.78, 5) is -0.249. The second kappa shape index (κ2) is 5.35. The number of sulfonamides is 1. The molecule has 18 heavy (non-hydrogen) atoms. The third kappa shape index (κ3) is 4.41. The minimum absolute atomic E-state index is 0.0464. The molecule has 0 aliphatic carbocycles. The molecule has 0 saturated carbocycles. The van der Waals surface area contributed by atoms with Crippen molar-refractivity contribution < 1.29 is 26.3 Å². The van der Waals surface area contributed by atoms with Crippen LogP contribution < -0.4 is 9.88 Å². The molecular weight excluding hydrogens is 407 g/mol. The molecule has 1 aromatic carbocycles. The Morgan fingerprint density at radius 2 is 1.67 bits per heavy atom. The summed E-state index contributed by atoms with van der Waals surface area (Å²) in [7, 11) is -3.95. The Bertz CT molecular complexity index is 536. The van der Waals surface area contributed by atoms with E-state index in [9.17, 15) is 21.6 Å². The van der Waals surface area contributed by atoms with Gasteiger partial charge in [0, 0.05) is 0 Å². The number of benzene rings is 1. The normalized spacial score (nSPS) is 12.6. The summed E-state index contributed by atoms with van der Waals surface area (Å²) in [5.41, 5.74) is 0. The largest absolute Gasteiger partial charge is 0.482 e. The third-order valence-electron chi connectivity index (χ3n) is 1.68. The number of halogens is 5. The molecule has 0 amide bonds. The van der Waals surface area contributed by atoms with Crippen molar-refractivity contribution in [2.75, 3.05) is 6.61 Å². The second-order valence-electron chi connectivity index (χ2n) is 3.16. The molecular formula is C8H6Br2F3NO3S. The van der Waals surface area contributed by atoms with Gasteiger partial charge >= 0.3 is 6.18 Å². The van der Waals surface area contributed by atoms with Crippen molar-refractivity contribution in [1.82, 2.24) is 0 Å². The zero-order chi connectivity index (χ0) is 14.1. The Morgan fingerprint density at radius 3 is 2.00 bits per heavy atom. The van der Waals surface area contributed by atoms with E-state index in [1.807, 2.05) is 0 Å². The summed E-state index contributed by atoms with van der Waals surface area (Å²) in [6, 6.07) is 2.12. The van der Waals surface area contributed by atoms with E-state index in [4.69, 9.17) is 5.14 Å². The average Bonchev–Trinajstić information content (AvgIpc) is 2.12. The predicted octanol–water partition coefficient (Wildman–Crippen LogP) is 2.80. The Morgan fingerprint density at radius 1 is 1.22 bits per heavy atom. The van der Waals surface area contributed by atoms with Crippen molar-refractivity contribution in [1.29, 1.82) is 0 Å². The van der Waals surface area contributed by atoms with Crippen LogP contribution in [0.25, 0.3) is 0 Å². The minimum atomic E-state index is -4.49. The third-order valence-corrected chi connectivity index (χ3v) is 3.75. The van der Waals surface area contributed by atoms with Gasteiger partial charge in [-0.2, -0.15) is 13.2 Å². The minimum Gasteiger partial charge on any atom is -0.482 e. The highest BCUT2D eigenvalue weighted by molar-refractivity contribution is 9.11. The lowest BCUT2D eigenvalue weighted by atomic mass is 10.3.